The summed E-state index contributed by atoms with van der Waals surface area (Å²) in [5.41, 5.74) is 8.38. The van der Waals surface area contributed by atoms with E-state index in [9.17, 15) is 4.79 Å². The molecule has 4 heteroatoms. The Balaban J connectivity index is 2.69. The Hall–Kier alpha value is -1.71. The summed E-state index contributed by atoms with van der Waals surface area (Å²) >= 11 is 0. The van der Waals surface area contributed by atoms with Crippen LogP contribution in [-0.4, -0.2) is 18.5 Å². The monoisotopic (exact) mass is 221 g/mol. The van der Waals surface area contributed by atoms with E-state index in [4.69, 9.17) is 5.73 Å². The van der Waals surface area contributed by atoms with Crippen molar-refractivity contribution in [3.05, 3.63) is 23.8 Å². The van der Waals surface area contributed by atoms with Crippen LogP contribution in [0.5, 0.6) is 0 Å². The van der Waals surface area contributed by atoms with E-state index in [1.807, 2.05) is 39.0 Å². The molecule has 1 unspecified atom stereocenters. The number of aryl methyl sites for hydroxylation is 1. The van der Waals surface area contributed by atoms with Crippen LogP contribution in [-0.2, 0) is 4.79 Å². The molecule has 1 amide bonds. The molecule has 0 aromatic heterocycles. The maximum atomic E-state index is 11.5. The van der Waals surface area contributed by atoms with Gasteiger partial charge in [0.25, 0.3) is 0 Å². The largest absolute Gasteiger partial charge is 0.399 e. The van der Waals surface area contributed by atoms with Gasteiger partial charge in [0.15, 0.2) is 0 Å². The van der Waals surface area contributed by atoms with E-state index >= 15 is 0 Å². The van der Waals surface area contributed by atoms with Gasteiger partial charge >= 0.3 is 0 Å². The molecule has 1 aromatic carbocycles. The molecule has 4 nitrogen and oxygen atoms in total. The summed E-state index contributed by atoms with van der Waals surface area (Å²) in [5, 5.41) is 5.88. The minimum atomic E-state index is -0.263. The standard InChI is InChI=1S/C12H19N3O/c1-4-14-12(16)9(3)15-11-6-8(2)5-10(13)7-11/h5-7,9,15H,4,13H2,1-3H3,(H,14,16). The van der Waals surface area contributed by atoms with Crippen molar-refractivity contribution in [3.63, 3.8) is 0 Å². The van der Waals surface area contributed by atoms with Gasteiger partial charge in [-0.1, -0.05) is 0 Å². The van der Waals surface area contributed by atoms with E-state index in [0.29, 0.717) is 12.2 Å². The molecule has 0 heterocycles. The van der Waals surface area contributed by atoms with Crippen molar-refractivity contribution < 1.29 is 4.79 Å². The van der Waals surface area contributed by atoms with Crippen LogP contribution in [0.2, 0.25) is 0 Å². The highest BCUT2D eigenvalue weighted by atomic mass is 16.2. The van der Waals surface area contributed by atoms with Crippen LogP contribution in [0.1, 0.15) is 19.4 Å². The van der Waals surface area contributed by atoms with Crippen molar-refractivity contribution in [1.82, 2.24) is 5.32 Å². The van der Waals surface area contributed by atoms with Crippen molar-refractivity contribution in [2.45, 2.75) is 26.8 Å². The Kier molecular flexibility index (Phi) is 4.17. The highest BCUT2D eigenvalue weighted by Crippen LogP contribution is 2.16. The third-order valence-electron chi connectivity index (χ3n) is 2.23. The minimum Gasteiger partial charge on any atom is -0.399 e. The van der Waals surface area contributed by atoms with Crippen molar-refractivity contribution in [3.8, 4) is 0 Å². The topological polar surface area (TPSA) is 67.2 Å². The fraction of sp³-hybridized carbons (Fsp3) is 0.417. The van der Waals surface area contributed by atoms with E-state index in [1.165, 1.54) is 0 Å². The fourth-order valence-corrected chi connectivity index (χ4v) is 1.54. The Labute approximate surface area is 96.2 Å². The predicted octanol–water partition coefficient (Wildman–Crippen LogP) is 1.51. The van der Waals surface area contributed by atoms with Crippen LogP contribution >= 0.6 is 0 Å². The second-order valence-electron chi connectivity index (χ2n) is 3.89. The number of hydrogen-bond acceptors (Lipinski definition) is 3. The summed E-state index contributed by atoms with van der Waals surface area (Å²) in [6.07, 6.45) is 0. The Bertz CT molecular complexity index is 356. The molecule has 0 aliphatic carbocycles. The first-order valence-corrected chi connectivity index (χ1v) is 5.44. The van der Waals surface area contributed by atoms with Crippen LogP contribution in [0.4, 0.5) is 11.4 Å². The number of anilines is 2. The van der Waals surface area contributed by atoms with Crippen molar-refractivity contribution in [2.75, 3.05) is 17.6 Å². The van der Waals surface area contributed by atoms with Gasteiger partial charge in [0.05, 0.1) is 0 Å². The number of nitrogens with one attached hydrogen (secondary N) is 2. The molecule has 0 aliphatic rings. The quantitative estimate of drug-likeness (QED) is 0.675. The van der Waals surface area contributed by atoms with Gasteiger partial charge in [-0.05, 0) is 44.5 Å². The minimum absolute atomic E-state index is 0.0115. The summed E-state index contributed by atoms with van der Waals surface area (Å²) < 4.78 is 0. The second kappa shape index (κ2) is 5.39. The maximum Gasteiger partial charge on any atom is 0.242 e. The molecule has 0 radical (unpaired) electrons. The van der Waals surface area contributed by atoms with Gasteiger partial charge in [-0.3, -0.25) is 4.79 Å². The molecule has 0 saturated carbocycles. The molecule has 1 aromatic rings. The number of nitrogens with two attached hydrogens (primary N) is 1. The molecular weight excluding hydrogens is 202 g/mol. The zero-order chi connectivity index (χ0) is 12.1. The van der Waals surface area contributed by atoms with Gasteiger partial charge in [0, 0.05) is 17.9 Å². The molecular formula is C12H19N3O. The highest BCUT2D eigenvalue weighted by molar-refractivity contribution is 5.84. The third-order valence-corrected chi connectivity index (χ3v) is 2.23. The molecule has 1 atom stereocenters. The molecule has 16 heavy (non-hydrogen) atoms. The zero-order valence-electron chi connectivity index (χ0n) is 10.0. The van der Waals surface area contributed by atoms with Crippen molar-refractivity contribution in [1.29, 1.82) is 0 Å². The van der Waals surface area contributed by atoms with E-state index in [1.54, 1.807) is 0 Å². The molecule has 1 rings (SSSR count). The summed E-state index contributed by atoms with van der Waals surface area (Å²) in [7, 11) is 0. The first kappa shape index (κ1) is 12.4. The zero-order valence-corrected chi connectivity index (χ0v) is 10.0. The Morgan fingerprint density at radius 2 is 2.12 bits per heavy atom. The fourth-order valence-electron chi connectivity index (χ4n) is 1.54. The summed E-state index contributed by atoms with van der Waals surface area (Å²) in [6.45, 7) is 6.33. The van der Waals surface area contributed by atoms with E-state index in [2.05, 4.69) is 10.6 Å². The van der Waals surface area contributed by atoms with E-state index < -0.39 is 0 Å². The SMILES string of the molecule is CCNC(=O)C(C)Nc1cc(C)cc(N)c1. The highest BCUT2D eigenvalue weighted by Gasteiger charge is 2.11. The lowest BCUT2D eigenvalue weighted by atomic mass is 10.2. The van der Waals surface area contributed by atoms with Crippen LogP contribution < -0.4 is 16.4 Å². The van der Waals surface area contributed by atoms with Gasteiger partial charge in [-0.25, -0.2) is 0 Å². The Morgan fingerprint density at radius 3 is 2.69 bits per heavy atom. The van der Waals surface area contributed by atoms with Crippen LogP contribution in [0.15, 0.2) is 18.2 Å². The van der Waals surface area contributed by atoms with Gasteiger partial charge in [-0.15, -0.1) is 0 Å². The lowest BCUT2D eigenvalue weighted by Gasteiger charge is -2.15. The molecule has 88 valence electrons. The number of hydrogen-bond donors (Lipinski definition) is 3. The van der Waals surface area contributed by atoms with E-state index in [0.717, 1.165) is 11.3 Å². The first-order valence-electron chi connectivity index (χ1n) is 5.44. The molecule has 0 spiro atoms. The van der Waals surface area contributed by atoms with Gasteiger partial charge < -0.3 is 16.4 Å². The lowest BCUT2D eigenvalue weighted by molar-refractivity contribution is -0.121. The molecule has 0 saturated heterocycles. The lowest BCUT2D eigenvalue weighted by Crippen LogP contribution is -2.37. The number of nitrogen functional groups attached to an aromatic ring is 1. The number of amides is 1. The average molecular weight is 221 g/mol. The normalized spacial score (nSPS) is 11.9. The van der Waals surface area contributed by atoms with Crippen LogP contribution in [0.3, 0.4) is 0 Å². The van der Waals surface area contributed by atoms with Crippen molar-refractivity contribution in [2.24, 2.45) is 0 Å². The summed E-state index contributed by atoms with van der Waals surface area (Å²) in [6, 6.07) is 5.41. The molecule has 0 aliphatic heterocycles. The number of rotatable bonds is 4. The van der Waals surface area contributed by atoms with Crippen LogP contribution in [0.25, 0.3) is 0 Å². The maximum absolute atomic E-state index is 11.5. The second-order valence-corrected chi connectivity index (χ2v) is 3.89. The van der Waals surface area contributed by atoms with Crippen LogP contribution in [0, 0.1) is 6.92 Å². The molecule has 0 bridgehead atoms. The Morgan fingerprint density at radius 1 is 1.44 bits per heavy atom. The molecule has 0 fully saturated rings. The number of carbonyl (C=O) groups is 1. The number of carbonyl (C=O) groups excluding carboxylic acids is 1. The third kappa shape index (κ3) is 3.46. The van der Waals surface area contributed by atoms with E-state index in [-0.39, 0.29) is 11.9 Å². The summed E-state index contributed by atoms with van der Waals surface area (Å²) in [4.78, 5) is 11.5. The smallest absolute Gasteiger partial charge is 0.242 e. The first-order chi connectivity index (χ1) is 7.52. The van der Waals surface area contributed by atoms with Gasteiger partial charge in [0.1, 0.15) is 6.04 Å². The molecule has 4 N–H and O–H groups in total. The number of likely N-dealkylation sites (N-methyl/N-ethyl adjacent to an activating group) is 1. The number of benzene rings is 1. The van der Waals surface area contributed by atoms with Crippen molar-refractivity contribution >= 4 is 17.3 Å². The van der Waals surface area contributed by atoms with Gasteiger partial charge in [0.2, 0.25) is 5.91 Å². The predicted molar refractivity (Wildman–Crippen MR) is 67.4 cm³/mol. The van der Waals surface area contributed by atoms with Gasteiger partial charge in [-0.2, -0.15) is 0 Å². The average Bonchev–Trinajstić information content (AvgIpc) is 2.16. The summed E-state index contributed by atoms with van der Waals surface area (Å²) in [5.74, 6) is -0.0115.